The van der Waals surface area contributed by atoms with Gasteiger partial charge in [0.2, 0.25) is 15.9 Å². The Labute approximate surface area is 80.5 Å². The zero-order chi connectivity index (χ0) is 10.1. The van der Waals surface area contributed by atoms with Crippen LogP contribution in [0.3, 0.4) is 0 Å². The lowest BCUT2D eigenvalue weighted by molar-refractivity contribution is 0.397. The minimum atomic E-state index is -3.81. The van der Waals surface area contributed by atoms with Crippen LogP contribution in [0, 0.1) is 0 Å². The molecule has 0 fully saturated rings. The fraction of sp³-hybridized carbons (Fsp3) is 0.167. The Kier molecular flexibility index (Phi) is 2.74. The number of methoxy groups -OCH3 is 1. The molecule has 1 rings (SSSR count). The predicted octanol–water partition coefficient (Wildman–Crippen LogP) is 0.391. The first-order valence-corrected chi connectivity index (χ1v) is 5.11. The fourth-order valence-corrected chi connectivity index (χ4v) is 1.74. The van der Waals surface area contributed by atoms with Gasteiger partial charge < -0.3 is 4.74 Å². The molecule has 0 aliphatic heterocycles. The van der Waals surface area contributed by atoms with Gasteiger partial charge in [0.1, 0.15) is 4.90 Å². The summed E-state index contributed by atoms with van der Waals surface area (Å²) < 4.78 is 26.5. The maximum atomic E-state index is 10.9. The Hall–Kier alpha value is -0.850. The molecule has 72 valence electrons. The van der Waals surface area contributed by atoms with Crippen molar-refractivity contribution in [1.82, 2.24) is 4.98 Å². The van der Waals surface area contributed by atoms with Gasteiger partial charge in [-0.3, -0.25) is 0 Å². The number of primary sulfonamides is 1. The van der Waals surface area contributed by atoms with Gasteiger partial charge in [0, 0.05) is 6.07 Å². The van der Waals surface area contributed by atoms with E-state index in [-0.39, 0.29) is 15.9 Å². The van der Waals surface area contributed by atoms with Crippen LogP contribution < -0.4 is 9.88 Å². The number of nitrogens with two attached hydrogens (primary N) is 1. The van der Waals surface area contributed by atoms with Crippen molar-refractivity contribution in [1.29, 1.82) is 0 Å². The minimum Gasteiger partial charge on any atom is -0.481 e. The summed E-state index contributed by atoms with van der Waals surface area (Å²) in [4.78, 5) is 3.43. The summed E-state index contributed by atoms with van der Waals surface area (Å²) in [6.07, 6.45) is 0. The van der Waals surface area contributed by atoms with Crippen molar-refractivity contribution in [2.45, 2.75) is 4.90 Å². The van der Waals surface area contributed by atoms with Gasteiger partial charge in [-0.05, 0) is 6.07 Å². The zero-order valence-electron chi connectivity index (χ0n) is 6.69. The molecule has 7 heteroatoms. The molecular weight excluding hydrogens is 216 g/mol. The molecule has 0 atom stereocenters. The van der Waals surface area contributed by atoms with Gasteiger partial charge in [0.15, 0.2) is 5.15 Å². The number of rotatable bonds is 2. The molecule has 13 heavy (non-hydrogen) atoms. The van der Waals surface area contributed by atoms with E-state index in [9.17, 15) is 8.42 Å². The lowest BCUT2D eigenvalue weighted by Gasteiger charge is -2.02. The monoisotopic (exact) mass is 222 g/mol. The van der Waals surface area contributed by atoms with Crippen LogP contribution in [-0.4, -0.2) is 20.5 Å². The molecular formula is C6H7ClN2O3S. The zero-order valence-corrected chi connectivity index (χ0v) is 8.26. The third-order valence-electron chi connectivity index (χ3n) is 1.30. The van der Waals surface area contributed by atoms with Gasteiger partial charge in [-0.1, -0.05) is 11.6 Å². The average Bonchev–Trinajstić information content (AvgIpc) is 2.01. The van der Waals surface area contributed by atoms with Gasteiger partial charge in [-0.2, -0.15) is 0 Å². The molecule has 0 spiro atoms. The highest BCUT2D eigenvalue weighted by Crippen LogP contribution is 2.20. The second-order valence-corrected chi connectivity index (χ2v) is 4.08. The smallest absolute Gasteiger partial charge is 0.241 e. The number of aromatic nitrogens is 1. The molecule has 0 saturated heterocycles. The number of sulfonamides is 1. The summed E-state index contributed by atoms with van der Waals surface area (Å²) in [6.45, 7) is 0. The van der Waals surface area contributed by atoms with Crippen LogP contribution in [0.4, 0.5) is 0 Å². The summed E-state index contributed by atoms with van der Waals surface area (Å²) in [6, 6.07) is 2.61. The topological polar surface area (TPSA) is 82.3 Å². The third-order valence-corrected chi connectivity index (χ3v) is 2.65. The molecule has 5 nitrogen and oxygen atoms in total. The molecule has 1 aromatic rings. The Morgan fingerprint density at radius 2 is 2.15 bits per heavy atom. The summed E-state index contributed by atoms with van der Waals surface area (Å²) >= 11 is 5.54. The second-order valence-electron chi connectivity index (χ2n) is 2.19. The second kappa shape index (κ2) is 3.49. The molecule has 0 aliphatic carbocycles. The van der Waals surface area contributed by atoms with E-state index in [1.165, 1.54) is 19.2 Å². The summed E-state index contributed by atoms with van der Waals surface area (Å²) in [7, 11) is -2.41. The van der Waals surface area contributed by atoms with Gasteiger partial charge in [-0.15, -0.1) is 0 Å². The first-order valence-electron chi connectivity index (χ1n) is 3.18. The molecule has 1 heterocycles. The first kappa shape index (κ1) is 10.2. The Morgan fingerprint density at radius 3 is 2.54 bits per heavy atom. The van der Waals surface area contributed by atoms with E-state index >= 15 is 0 Å². The van der Waals surface area contributed by atoms with E-state index in [1.807, 2.05) is 0 Å². The average molecular weight is 223 g/mol. The highest BCUT2D eigenvalue weighted by molar-refractivity contribution is 7.89. The normalized spacial score (nSPS) is 11.3. The molecule has 0 aromatic carbocycles. The molecule has 0 amide bonds. The number of halogens is 1. The Bertz CT molecular complexity index is 418. The maximum absolute atomic E-state index is 10.9. The number of pyridine rings is 1. The molecule has 0 saturated carbocycles. The van der Waals surface area contributed by atoms with Crippen molar-refractivity contribution in [3.8, 4) is 5.88 Å². The summed E-state index contributed by atoms with van der Waals surface area (Å²) in [5.74, 6) is 0.234. The number of hydrogen-bond acceptors (Lipinski definition) is 4. The number of nitrogens with zero attached hydrogens (tertiary/aromatic N) is 1. The summed E-state index contributed by atoms with van der Waals surface area (Å²) in [5.41, 5.74) is 0. The van der Waals surface area contributed by atoms with Crippen LogP contribution in [0.1, 0.15) is 0 Å². The SMILES string of the molecule is COc1ccc(S(N)(=O)=O)c(Cl)n1. The summed E-state index contributed by atoms with van der Waals surface area (Å²) in [5, 5.41) is 4.66. The molecule has 0 bridgehead atoms. The molecule has 0 unspecified atom stereocenters. The standard InChI is InChI=1S/C6H7ClN2O3S/c1-12-5-3-2-4(6(7)9-5)13(8,10)11/h2-3H,1H3,(H2,8,10,11). The van der Waals surface area contributed by atoms with Gasteiger partial charge in [-0.25, -0.2) is 18.5 Å². The number of hydrogen-bond donors (Lipinski definition) is 1. The van der Waals surface area contributed by atoms with Crippen molar-refractivity contribution in [3.05, 3.63) is 17.3 Å². The molecule has 2 N–H and O–H groups in total. The molecule has 0 aliphatic rings. The third kappa shape index (κ3) is 2.30. The quantitative estimate of drug-likeness (QED) is 0.734. The van der Waals surface area contributed by atoms with E-state index in [1.54, 1.807) is 0 Å². The van der Waals surface area contributed by atoms with E-state index in [0.717, 1.165) is 0 Å². The van der Waals surface area contributed by atoms with E-state index in [2.05, 4.69) is 4.98 Å². The van der Waals surface area contributed by atoms with Crippen molar-refractivity contribution >= 4 is 21.6 Å². The highest BCUT2D eigenvalue weighted by Gasteiger charge is 2.14. The van der Waals surface area contributed by atoms with Crippen LogP contribution >= 0.6 is 11.6 Å². The van der Waals surface area contributed by atoms with E-state index < -0.39 is 10.0 Å². The molecule has 0 radical (unpaired) electrons. The lowest BCUT2D eigenvalue weighted by atomic mass is 10.5. The van der Waals surface area contributed by atoms with Crippen LogP contribution in [0.15, 0.2) is 17.0 Å². The van der Waals surface area contributed by atoms with Gasteiger partial charge in [0.05, 0.1) is 7.11 Å². The van der Waals surface area contributed by atoms with Gasteiger partial charge >= 0.3 is 0 Å². The Balaban J connectivity index is 3.29. The molecule has 1 aromatic heterocycles. The fourth-order valence-electron chi connectivity index (χ4n) is 0.731. The van der Waals surface area contributed by atoms with Crippen LogP contribution in [-0.2, 0) is 10.0 Å². The maximum Gasteiger partial charge on any atom is 0.241 e. The number of ether oxygens (including phenoxy) is 1. The lowest BCUT2D eigenvalue weighted by Crippen LogP contribution is -2.13. The van der Waals surface area contributed by atoms with E-state index in [4.69, 9.17) is 21.5 Å². The largest absolute Gasteiger partial charge is 0.481 e. The van der Waals surface area contributed by atoms with Crippen molar-refractivity contribution in [2.75, 3.05) is 7.11 Å². The predicted molar refractivity (Wildman–Crippen MR) is 47.2 cm³/mol. The van der Waals surface area contributed by atoms with Crippen molar-refractivity contribution < 1.29 is 13.2 Å². The van der Waals surface area contributed by atoms with E-state index in [0.29, 0.717) is 0 Å². The van der Waals surface area contributed by atoms with Gasteiger partial charge in [0.25, 0.3) is 0 Å². The minimum absolute atomic E-state index is 0.193. The van der Waals surface area contributed by atoms with Crippen LogP contribution in [0.25, 0.3) is 0 Å². The van der Waals surface area contributed by atoms with Crippen LogP contribution in [0.2, 0.25) is 5.15 Å². The van der Waals surface area contributed by atoms with Crippen molar-refractivity contribution in [3.63, 3.8) is 0 Å². The first-order chi connectivity index (χ1) is 5.95. The van der Waals surface area contributed by atoms with Crippen molar-refractivity contribution in [2.24, 2.45) is 5.14 Å². The van der Waals surface area contributed by atoms with Crippen LogP contribution in [0.5, 0.6) is 5.88 Å². The Morgan fingerprint density at radius 1 is 1.54 bits per heavy atom. The highest BCUT2D eigenvalue weighted by atomic mass is 35.5.